The van der Waals surface area contributed by atoms with E-state index in [9.17, 15) is 4.79 Å². The molecular weight excluding hydrogens is 398 g/mol. The van der Waals surface area contributed by atoms with Crippen LogP contribution in [0.5, 0.6) is 17.2 Å². The zero-order valence-corrected chi connectivity index (χ0v) is 18.4. The molecule has 0 bridgehead atoms. The topological polar surface area (TPSA) is 86.9 Å². The van der Waals surface area contributed by atoms with Crippen molar-refractivity contribution in [3.63, 3.8) is 0 Å². The molecule has 0 aliphatic rings. The van der Waals surface area contributed by atoms with Crippen molar-refractivity contribution in [3.8, 4) is 28.6 Å². The van der Waals surface area contributed by atoms with Crippen LogP contribution in [0, 0.1) is 6.92 Å². The second kappa shape index (κ2) is 9.97. The van der Waals surface area contributed by atoms with Crippen LogP contribution >= 0.6 is 0 Å². The first-order valence-corrected chi connectivity index (χ1v) is 9.95. The van der Waals surface area contributed by atoms with E-state index in [0.29, 0.717) is 29.0 Å². The highest BCUT2D eigenvalue weighted by atomic mass is 16.5. The van der Waals surface area contributed by atoms with Crippen molar-refractivity contribution in [2.75, 3.05) is 20.8 Å². The third-order valence-corrected chi connectivity index (χ3v) is 4.71. The molecule has 0 radical (unpaired) electrons. The molecule has 1 aromatic heterocycles. The Morgan fingerprint density at radius 1 is 1.10 bits per heavy atom. The number of hydrogen-bond donors (Lipinski definition) is 0. The van der Waals surface area contributed by atoms with Crippen molar-refractivity contribution in [1.29, 1.82) is 0 Å². The van der Waals surface area contributed by atoms with E-state index in [4.69, 9.17) is 18.7 Å². The summed E-state index contributed by atoms with van der Waals surface area (Å²) >= 11 is 0. The number of methoxy groups -OCH3 is 2. The first kappa shape index (κ1) is 22.1. The largest absolute Gasteiger partial charge is 0.493 e. The summed E-state index contributed by atoms with van der Waals surface area (Å²) in [4.78, 5) is 18.8. The van der Waals surface area contributed by atoms with Crippen LogP contribution in [0.1, 0.15) is 25.3 Å². The Morgan fingerprint density at radius 3 is 2.55 bits per heavy atom. The van der Waals surface area contributed by atoms with Gasteiger partial charge in [-0.1, -0.05) is 17.3 Å². The molecule has 8 heteroatoms. The van der Waals surface area contributed by atoms with Gasteiger partial charge in [0.2, 0.25) is 11.7 Å². The quantitative estimate of drug-likeness (QED) is 0.514. The molecule has 0 spiro atoms. The Balaban J connectivity index is 1.69. The van der Waals surface area contributed by atoms with Crippen LogP contribution in [0.2, 0.25) is 0 Å². The third kappa shape index (κ3) is 5.53. The highest BCUT2D eigenvalue weighted by Gasteiger charge is 2.21. The van der Waals surface area contributed by atoms with Crippen LogP contribution in [-0.2, 0) is 11.3 Å². The summed E-state index contributed by atoms with van der Waals surface area (Å²) in [5.74, 6) is 2.41. The third-order valence-electron chi connectivity index (χ3n) is 4.71. The van der Waals surface area contributed by atoms with E-state index in [0.717, 1.165) is 11.1 Å². The lowest BCUT2D eigenvalue weighted by Crippen LogP contribution is -2.39. The van der Waals surface area contributed by atoms with E-state index in [1.165, 1.54) is 0 Å². The number of carbonyl (C=O) groups excluding carboxylic acids is 1. The van der Waals surface area contributed by atoms with Gasteiger partial charge in [-0.2, -0.15) is 4.98 Å². The van der Waals surface area contributed by atoms with Crippen molar-refractivity contribution >= 4 is 5.91 Å². The van der Waals surface area contributed by atoms with E-state index in [2.05, 4.69) is 10.1 Å². The lowest BCUT2D eigenvalue weighted by Gasteiger charge is -2.25. The normalized spacial score (nSPS) is 10.8. The van der Waals surface area contributed by atoms with E-state index < -0.39 is 0 Å². The number of carbonyl (C=O) groups is 1. The fraction of sp³-hybridized carbons (Fsp3) is 0.348. The number of aryl methyl sites for hydroxylation is 1. The lowest BCUT2D eigenvalue weighted by atomic mass is 10.2. The van der Waals surface area contributed by atoms with E-state index in [1.807, 2.05) is 51.1 Å². The molecule has 0 aliphatic carbocycles. The Hall–Kier alpha value is -3.55. The summed E-state index contributed by atoms with van der Waals surface area (Å²) in [6.45, 7) is 5.94. The molecule has 2 aromatic carbocycles. The minimum Gasteiger partial charge on any atom is -0.493 e. The summed E-state index contributed by atoms with van der Waals surface area (Å²) in [5, 5.41) is 4.04. The molecule has 8 nitrogen and oxygen atoms in total. The number of aromatic nitrogens is 2. The predicted octanol–water partition coefficient (Wildman–Crippen LogP) is 3.88. The maximum atomic E-state index is 12.8. The molecule has 0 fully saturated rings. The molecule has 0 unspecified atom stereocenters. The Kier molecular flexibility index (Phi) is 7.12. The summed E-state index contributed by atoms with van der Waals surface area (Å²) in [7, 11) is 3.14. The number of benzene rings is 2. The fourth-order valence-corrected chi connectivity index (χ4v) is 3.05. The van der Waals surface area contributed by atoms with Crippen LogP contribution in [0.15, 0.2) is 47.0 Å². The molecule has 0 aliphatic heterocycles. The van der Waals surface area contributed by atoms with E-state index in [1.54, 1.807) is 31.3 Å². The lowest BCUT2D eigenvalue weighted by molar-refractivity contribution is -0.136. The summed E-state index contributed by atoms with van der Waals surface area (Å²) in [5.41, 5.74) is 1.79. The van der Waals surface area contributed by atoms with Crippen molar-refractivity contribution < 1.29 is 23.5 Å². The van der Waals surface area contributed by atoms with E-state index in [-0.39, 0.29) is 25.1 Å². The number of hydrogen-bond acceptors (Lipinski definition) is 7. The first-order valence-electron chi connectivity index (χ1n) is 9.95. The standard InChI is InChI=1S/C23H27N3O5/c1-15(2)26(22(27)14-30-18-8-6-7-16(3)11-18)13-21-24-23(25-31-21)17-9-10-19(28-4)20(12-17)29-5/h6-12,15H,13-14H2,1-5H3. The monoisotopic (exact) mass is 425 g/mol. The first-order chi connectivity index (χ1) is 14.9. The maximum Gasteiger partial charge on any atom is 0.261 e. The SMILES string of the molecule is COc1ccc(-c2noc(CN(C(=O)COc3cccc(C)c3)C(C)C)n2)cc1OC. The fourth-order valence-electron chi connectivity index (χ4n) is 3.05. The van der Waals surface area contributed by atoms with Crippen molar-refractivity contribution in [2.45, 2.75) is 33.4 Å². The smallest absolute Gasteiger partial charge is 0.261 e. The Morgan fingerprint density at radius 2 is 1.87 bits per heavy atom. The summed E-state index contributed by atoms with van der Waals surface area (Å²) in [6.07, 6.45) is 0. The van der Waals surface area contributed by atoms with Crippen molar-refractivity contribution in [1.82, 2.24) is 15.0 Å². The number of nitrogens with zero attached hydrogens (tertiary/aromatic N) is 3. The van der Waals surface area contributed by atoms with Crippen LogP contribution in [0.3, 0.4) is 0 Å². The molecule has 31 heavy (non-hydrogen) atoms. The summed E-state index contributed by atoms with van der Waals surface area (Å²) < 4.78 is 21.6. The molecule has 1 heterocycles. The van der Waals surface area contributed by atoms with Crippen molar-refractivity contribution in [2.24, 2.45) is 0 Å². The van der Waals surface area contributed by atoms with Crippen LogP contribution < -0.4 is 14.2 Å². The van der Waals surface area contributed by atoms with Gasteiger partial charge in [0.15, 0.2) is 18.1 Å². The number of rotatable bonds is 9. The van der Waals surface area contributed by atoms with Gasteiger partial charge in [0.05, 0.1) is 14.2 Å². The summed E-state index contributed by atoms with van der Waals surface area (Å²) in [6, 6.07) is 12.9. The molecule has 0 N–H and O–H groups in total. The van der Waals surface area contributed by atoms with Gasteiger partial charge in [-0.3, -0.25) is 4.79 Å². The number of ether oxygens (including phenoxy) is 3. The van der Waals surface area contributed by atoms with Gasteiger partial charge in [-0.05, 0) is 56.7 Å². The molecular formula is C23H27N3O5. The van der Waals surface area contributed by atoms with Gasteiger partial charge in [-0.25, -0.2) is 0 Å². The van der Waals surface area contributed by atoms with Gasteiger partial charge < -0.3 is 23.6 Å². The second-order valence-electron chi connectivity index (χ2n) is 7.30. The molecule has 0 saturated heterocycles. The molecule has 3 aromatic rings. The van der Waals surface area contributed by atoms with Crippen LogP contribution in [0.4, 0.5) is 0 Å². The maximum absolute atomic E-state index is 12.8. The van der Waals surface area contributed by atoms with Crippen LogP contribution in [0.25, 0.3) is 11.4 Å². The highest BCUT2D eigenvalue weighted by molar-refractivity contribution is 5.78. The average Bonchev–Trinajstić information content (AvgIpc) is 3.24. The van der Waals surface area contributed by atoms with E-state index >= 15 is 0 Å². The minimum absolute atomic E-state index is 0.0648. The van der Waals surface area contributed by atoms with Gasteiger partial charge in [0, 0.05) is 11.6 Å². The van der Waals surface area contributed by atoms with Crippen LogP contribution in [-0.4, -0.2) is 47.8 Å². The zero-order valence-electron chi connectivity index (χ0n) is 18.4. The molecule has 3 rings (SSSR count). The predicted molar refractivity (Wildman–Crippen MR) is 115 cm³/mol. The van der Waals surface area contributed by atoms with Gasteiger partial charge in [-0.15, -0.1) is 0 Å². The minimum atomic E-state index is -0.164. The molecule has 0 atom stereocenters. The molecule has 1 amide bonds. The Labute approximate surface area is 181 Å². The van der Waals surface area contributed by atoms with Gasteiger partial charge >= 0.3 is 0 Å². The number of amides is 1. The molecule has 164 valence electrons. The zero-order chi connectivity index (χ0) is 22.4. The molecule has 0 saturated carbocycles. The van der Waals surface area contributed by atoms with Gasteiger partial charge in [0.1, 0.15) is 12.3 Å². The van der Waals surface area contributed by atoms with Gasteiger partial charge in [0.25, 0.3) is 5.91 Å². The Bertz CT molecular complexity index is 1030. The highest BCUT2D eigenvalue weighted by Crippen LogP contribution is 2.31. The average molecular weight is 425 g/mol. The van der Waals surface area contributed by atoms with Crippen molar-refractivity contribution in [3.05, 3.63) is 53.9 Å². The second-order valence-corrected chi connectivity index (χ2v) is 7.30.